The molecule has 0 radical (unpaired) electrons. The molecule has 1 aliphatic heterocycles. The fourth-order valence-electron chi connectivity index (χ4n) is 2.17. The summed E-state index contributed by atoms with van der Waals surface area (Å²) in [5, 5.41) is 0. The van der Waals surface area contributed by atoms with Crippen molar-refractivity contribution in [3.05, 3.63) is 51.4 Å². The number of benzene rings is 1. The summed E-state index contributed by atoms with van der Waals surface area (Å²) in [5.74, 6) is 1.33. The molecule has 98 valence electrons. The lowest BCUT2D eigenvalue weighted by atomic mass is 10.1. The minimum absolute atomic E-state index is 0.528. The molecule has 0 aliphatic carbocycles. The van der Waals surface area contributed by atoms with Gasteiger partial charge in [0.1, 0.15) is 11.6 Å². The van der Waals surface area contributed by atoms with E-state index in [1.807, 2.05) is 12.1 Å². The fraction of sp³-hybridized carbons (Fsp3) is 0.286. The molecule has 0 fully saturated rings. The Labute approximate surface area is 120 Å². The first-order valence-corrected chi connectivity index (χ1v) is 6.98. The summed E-state index contributed by atoms with van der Waals surface area (Å²) >= 11 is 3.43. The van der Waals surface area contributed by atoms with Gasteiger partial charge in [-0.3, -0.25) is 0 Å². The summed E-state index contributed by atoms with van der Waals surface area (Å²) in [7, 11) is 0. The topological polar surface area (TPSA) is 61.0 Å². The van der Waals surface area contributed by atoms with Crippen LogP contribution in [0.5, 0.6) is 0 Å². The Morgan fingerprint density at radius 1 is 1.21 bits per heavy atom. The van der Waals surface area contributed by atoms with E-state index in [-0.39, 0.29) is 0 Å². The van der Waals surface area contributed by atoms with E-state index in [0.717, 1.165) is 28.0 Å². The van der Waals surface area contributed by atoms with Crippen LogP contribution in [0, 0.1) is 0 Å². The number of nitrogens with zero attached hydrogens (tertiary/aromatic N) is 2. The summed E-state index contributed by atoms with van der Waals surface area (Å²) in [6, 6.07) is 8.16. The summed E-state index contributed by atoms with van der Waals surface area (Å²) < 4.78 is 6.45. The van der Waals surface area contributed by atoms with Gasteiger partial charge in [0.2, 0.25) is 0 Å². The molecular weight excluding hydrogens is 306 g/mol. The van der Waals surface area contributed by atoms with Gasteiger partial charge in [0, 0.05) is 22.9 Å². The van der Waals surface area contributed by atoms with Crippen LogP contribution >= 0.6 is 15.9 Å². The van der Waals surface area contributed by atoms with E-state index in [4.69, 9.17) is 10.5 Å². The van der Waals surface area contributed by atoms with Crippen LogP contribution in [0.2, 0.25) is 0 Å². The second-order valence-corrected chi connectivity index (χ2v) is 5.47. The Morgan fingerprint density at radius 3 is 2.79 bits per heavy atom. The van der Waals surface area contributed by atoms with Gasteiger partial charge < -0.3 is 10.5 Å². The number of nitrogen functional groups attached to an aromatic ring is 1. The van der Waals surface area contributed by atoms with Crippen LogP contribution in [-0.4, -0.2) is 16.6 Å². The third kappa shape index (κ3) is 2.77. The average molecular weight is 320 g/mol. The summed E-state index contributed by atoms with van der Waals surface area (Å²) in [5.41, 5.74) is 9.14. The standard InChI is InChI=1S/C14H14BrN3O/c15-10-3-1-9(2-4-10)7-13-17-12-5-6-19-8-11(12)14(16)18-13/h1-4H,5-8H2,(H2,16,17,18). The van der Waals surface area contributed by atoms with Gasteiger partial charge in [-0.15, -0.1) is 0 Å². The van der Waals surface area contributed by atoms with Crippen LogP contribution in [0.3, 0.4) is 0 Å². The number of halogens is 1. The van der Waals surface area contributed by atoms with Gasteiger partial charge in [0.25, 0.3) is 0 Å². The molecule has 0 amide bonds. The molecular formula is C14H14BrN3O. The smallest absolute Gasteiger partial charge is 0.135 e. The van der Waals surface area contributed by atoms with Gasteiger partial charge in [0.15, 0.2) is 0 Å². The molecule has 2 aromatic rings. The molecule has 0 atom stereocenters. The van der Waals surface area contributed by atoms with Crippen LogP contribution in [0.25, 0.3) is 0 Å². The zero-order chi connectivity index (χ0) is 13.2. The predicted molar refractivity (Wildman–Crippen MR) is 76.8 cm³/mol. The molecule has 1 aromatic carbocycles. The van der Waals surface area contributed by atoms with Crippen LogP contribution in [-0.2, 0) is 24.2 Å². The Balaban J connectivity index is 1.89. The first-order chi connectivity index (χ1) is 9.22. The zero-order valence-electron chi connectivity index (χ0n) is 10.4. The van der Waals surface area contributed by atoms with E-state index >= 15 is 0 Å². The van der Waals surface area contributed by atoms with Crippen LogP contribution < -0.4 is 5.73 Å². The van der Waals surface area contributed by atoms with Crippen molar-refractivity contribution in [2.75, 3.05) is 12.3 Å². The Hall–Kier alpha value is -1.46. The Kier molecular flexibility index (Phi) is 3.48. The van der Waals surface area contributed by atoms with Crippen molar-refractivity contribution in [3.63, 3.8) is 0 Å². The number of anilines is 1. The van der Waals surface area contributed by atoms with Crippen molar-refractivity contribution < 1.29 is 4.74 Å². The number of fused-ring (bicyclic) bond motifs is 1. The molecule has 5 heteroatoms. The quantitative estimate of drug-likeness (QED) is 0.923. The molecule has 0 saturated heterocycles. The third-order valence-corrected chi connectivity index (χ3v) is 3.70. The van der Waals surface area contributed by atoms with E-state index in [1.165, 1.54) is 5.56 Å². The summed E-state index contributed by atoms with van der Waals surface area (Å²) in [6.07, 6.45) is 1.51. The molecule has 0 saturated carbocycles. The minimum Gasteiger partial charge on any atom is -0.383 e. The molecule has 0 spiro atoms. The highest BCUT2D eigenvalue weighted by molar-refractivity contribution is 9.10. The molecule has 0 unspecified atom stereocenters. The lowest BCUT2D eigenvalue weighted by Gasteiger charge is -2.17. The first kappa shape index (κ1) is 12.6. The monoisotopic (exact) mass is 319 g/mol. The molecule has 0 bridgehead atoms. The number of nitrogens with two attached hydrogens (primary N) is 1. The number of rotatable bonds is 2. The van der Waals surface area contributed by atoms with Crippen molar-refractivity contribution >= 4 is 21.7 Å². The van der Waals surface area contributed by atoms with Crippen LogP contribution in [0.1, 0.15) is 22.6 Å². The van der Waals surface area contributed by atoms with E-state index in [0.29, 0.717) is 25.5 Å². The SMILES string of the molecule is Nc1nc(Cc2ccc(Br)cc2)nc2c1COCC2. The lowest BCUT2D eigenvalue weighted by Crippen LogP contribution is -2.17. The Morgan fingerprint density at radius 2 is 2.00 bits per heavy atom. The second-order valence-electron chi connectivity index (χ2n) is 4.56. The normalized spacial score (nSPS) is 14.2. The van der Waals surface area contributed by atoms with Gasteiger partial charge in [-0.25, -0.2) is 9.97 Å². The minimum atomic E-state index is 0.528. The van der Waals surface area contributed by atoms with Crippen molar-refractivity contribution in [3.8, 4) is 0 Å². The van der Waals surface area contributed by atoms with Gasteiger partial charge in [0.05, 0.1) is 18.9 Å². The maximum absolute atomic E-state index is 5.98. The zero-order valence-corrected chi connectivity index (χ0v) is 12.0. The predicted octanol–water partition coefficient (Wildman–Crippen LogP) is 2.48. The molecule has 19 heavy (non-hydrogen) atoms. The highest BCUT2D eigenvalue weighted by atomic mass is 79.9. The maximum atomic E-state index is 5.98. The van der Waals surface area contributed by atoms with Gasteiger partial charge >= 0.3 is 0 Å². The van der Waals surface area contributed by atoms with E-state index in [2.05, 4.69) is 38.0 Å². The largest absolute Gasteiger partial charge is 0.383 e. The maximum Gasteiger partial charge on any atom is 0.135 e. The number of ether oxygens (including phenoxy) is 1. The van der Waals surface area contributed by atoms with E-state index < -0.39 is 0 Å². The lowest BCUT2D eigenvalue weighted by molar-refractivity contribution is 0.109. The summed E-state index contributed by atoms with van der Waals surface area (Å²) in [4.78, 5) is 8.99. The number of hydrogen-bond acceptors (Lipinski definition) is 4. The van der Waals surface area contributed by atoms with Crippen molar-refractivity contribution in [1.29, 1.82) is 0 Å². The highest BCUT2D eigenvalue weighted by Gasteiger charge is 2.16. The van der Waals surface area contributed by atoms with Gasteiger partial charge in [-0.2, -0.15) is 0 Å². The van der Waals surface area contributed by atoms with Gasteiger partial charge in [-0.05, 0) is 17.7 Å². The molecule has 1 aliphatic rings. The van der Waals surface area contributed by atoms with Gasteiger partial charge in [-0.1, -0.05) is 28.1 Å². The average Bonchev–Trinajstić information content (AvgIpc) is 2.42. The van der Waals surface area contributed by atoms with E-state index in [1.54, 1.807) is 0 Å². The Bertz CT molecular complexity index is 598. The molecule has 2 N–H and O–H groups in total. The molecule has 4 nitrogen and oxygen atoms in total. The third-order valence-electron chi connectivity index (χ3n) is 3.18. The van der Waals surface area contributed by atoms with Crippen molar-refractivity contribution in [2.24, 2.45) is 0 Å². The van der Waals surface area contributed by atoms with Crippen LogP contribution in [0.15, 0.2) is 28.7 Å². The number of hydrogen-bond donors (Lipinski definition) is 1. The number of aromatic nitrogens is 2. The van der Waals surface area contributed by atoms with Crippen LogP contribution in [0.4, 0.5) is 5.82 Å². The highest BCUT2D eigenvalue weighted by Crippen LogP contribution is 2.21. The second kappa shape index (κ2) is 5.27. The fourth-order valence-corrected chi connectivity index (χ4v) is 2.44. The van der Waals surface area contributed by atoms with E-state index in [9.17, 15) is 0 Å². The molecule has 3 rings (SSSR count). The van der Waals surface area contributed by atoms with Crippen molar-refractivity contribution in [2.45, 2.75) is 19.4 Å². The van der Waals surface area contributed by atoms with Crippen molar-refractivity contribution in [1.82, 2.24) is 9.97 Å². The molecule has 1 aromatic heterocycles. The first-order valence-electron chi connectivity index (χ1n) is 6.19. The molecule has 2 heterocycles. The summed E-state index contributed by atoms with van der Waals surface area (Å²) in [6.45, 7) is 1.24.